The Morgan fingerprint density at radius 1 is 1.28 bits per heavy atom. The first-order valence-corrected chi connectivity index (χ1v) is 6.76. The van der Waals surface area contributed by atoms with Crippen LogP contribution in [0.1, 0.15) is 32.6 Å². The molecular weight excluding hydrogens is 234 g/mol. The van der Waals surface area contributed by atoms with E-state index in [9.17, 15) is 14.7 Å². The van der Waals surface area contributed by atoms with E-state index in [0.717, 1.165) is 19.3 Å². The normalized spacial score (nSPS) is 42.5. The summed E-state index contributed by atoms with van der Waals surface area (Å²) in [6, 6.07) is 0.0244. The Kier molecular flexibility index (Phi) is 2.81. The van der Waals surface area contributed by atoms with Gasteiger partial charge in [0, 0.05) is 18.7 Å². The zero-order valence-corrected chi connectivity index (χ0v) is 10.5. The van der Waals surface area contributed by atoms with E-state index < -0.39 is 5.97 Å². The fourth-order valence-electron chi connectivity index (χ4n) is 3.76. The molecule has 0 aromatic rings. The molecule has 5 heteroatoms. The van der Waals surface area contributed by atoms with Gasteiger partial charge in [0.2, 0.25) is 0 Å². The van der Waals surface area contributed by atoms with Gasteiger partial charge in [-0.25, -0.2) is 0 Å². The number of ether oxygens (including phenoxy) is 1. The van der Waals surface area contributed by atoms with E-state index in [1.165, 1.54) is 0 Å². The van der Waals surface area contributed by atoms with Crippen LogP contribution in [-0.4, -0.2) is 46.7 Å². The smallest absolute Gasteiger partial charge is 0.308 e. The van der Waals surface area contributed by atoms with Crippen molar-refractivity contribution in [3.05, 3.63) is 0 Å². The summed E-state index contributed by atoms with van der Waals surface area (Å²) in [7, 11) is 0. The maximum Gasteiger partial charge on any atom is 0.308 e. The van der Waals surface area contributed by atoms with E-state index in [-0.39, 0.29) is 35.9 Å². The number of aliphatic carboxylic acids is 1. The van der Waals surface area contributed by atoms with E-state index in [1.54, 1.807) is 0 Å². The molecule has 100 valence electrons. The molecular formula is C13H19NO4. The summed E-state index contributed by atoms with van der Waals surface area (Å²) in [6.45, 7) is 2.67. The van der Waals surface area contributed by atoms with E-state index >= 15 is 0 Å². The number of hydrogen-bond acceptors (Lipinski definition) is 3. The van der Waals surface area contributed by atoms with Gasteiger partial charge in [0.25, 0.3) is 5.91 Å². The molecule has 0 spiro atoms. The Hall–Kier alpha value is -1.10. The average Bonchev–Trinajstić information content (AvgIpc) is 3.01. The predicted molar refractivity (Wildman–Crippen MR) is 62.9 cm³/mol. The first-order valence-electron chi connectivity index (χ1n) is 6.76. The van der Waals surface area contributed by atoms with Crippen molar-refractivity contribution in [2.75, 3.05) is 6.61 Å². The van der Waals surface area contributed by atoms with Gasteiger partial charge in [0.05, 0.1) is 5.92 Å². The Balaban J connectivity index is 1.77. The molecule has 3 fully saturated rings. The summed E-state index contributed by atoms with van der Waals surface area (Å²) in [4.78, 5) is 25.5. The van der Waals surface area contributed by atoms with Gasteiger partial charge in [-0.15, -0.1) is 0 Å². The molecule has 2 bridgehead atoms. The van der Waals surface area contributed by atoms with Gasteiger partial charge in [-0.05, 0) is 31.6 Å². The van der Waals surface area contributed by atoms with Gasteiger partial charge < -0.3 is 14.7 Å². The maximum absolute atomic E-state index is 12.5. The standard InChI is InChI=1S/C13H19NO4/c1-7-4-5-18-11(7)12(15)14-8-2-3-10(14)9(6-8)13(16)17/h7-11H,2-6H2,1H3,(H,16,17). The van der Waals surface area contributed by atoms with Gasteiger partial charge in [-0.2, -0.15) is 0 Å². The predicted octanol–water partition coefficient (Wildman–Crippen LogP) is 0.875. The highest BCUT2D eigenvalue weighted by Gasteiger charge is 2.53. The summed E-state index contributed by atoms with van der Waals surface area (Å²) in [5, 5.41) is 9.18. The number of carboxylic acids is 1. The molecule has 3 heterocycles. The number of carbonyl (C=O) groups is 2. The fourth-order valence-corrected chi connectivity index (χ4v) is 3.76. The van der Waals surface area contributed by atoms with Crippen molar-refractivity contribution in [1.29, 1.82) is 0 Å². The Morgan fingerprint density at radius 2 is 2.06 bits per heavy atom. The number of fused-ring (bicyclic) bond motifs is 2. The molecule has 0 saturated carbocycles. The van der Waals surface area contributed by atoms with Crippen molar-refractivity contribution < 1.29 is 19.4 Å². The summed E-state index contributed by atoms with van der Waals surface area (Å²) >= 11 is 0. The van der Waals surface area contributed by atoms with E-state index in [1.807, 2.05) is 11.8 Å². The van der Waals surface area contributed by atoms with Crippen LogP contribution < -0.4 is 0 Å². The van der Waals surface area contributed by atoms with Crippen LogP contribution in [0.15, 0.2) is 0 Å². The van der Waals surface area contributed by atoms with Crippen molar-refractivity contribution in [2.24, 2.45) is 11.8 Å². The van der Waals surface area contributed by atoms with Crippen LogP contribution >= 0.6 is 0 Å². The van der Waals surface area contributed by atoms with Gasteiger partial charge in [0.15, 0.2) is 0 Å². The van der Waals surface area contributed by atoms with Crippen molar-refractivity contribution in [1.82, 2.24) is 4.90 Å². The molecule has 0 aliphatic carbocycles. The molecule has 1 amide bonds. The number of carboxylic acid groups (broad SMARTS) is 1. The Bertz CT molecular complexity index is 383. The van der Waals surface area contributed by atoms with Crippen molar-refractivity contribution in [3.63, 3.8) is 0 Å². The lowest BCUT2D eigenvalue weighted by Crippen LogP contribution is -2.45. The van der Waals surface area contributed by atoms with Crippen LogP contribution in [0, 0.1) is 11.8 Å². The quantitative estimate of drug-likeness (QED) is 0.793. The van der Waals surface area contributed by atoms with Crippen LogP contribution in [0.2, 0.25) is 0 Å². The molecule has 3 aliphatic heterocycles. The highest BCUT2D eigenvalue weighted by Crippen LogP contribution is 2.43. The van der Waals surface area contributed by atoms with E-state index in [2.05, 4.69) is 0 Å². The first-order chi connectivity index (χ1) is 8.59. The molecule has 0 aromatic carbocycles. The van der Waals surface area contributed by atoms with Crippen molar-refractivity contribution in [3.8, 4) is 0 Å². The summed E-state index contributed by atoms with van der Waals surface area (Å²) in [5.41, 5.74) is 0. The van der Waals surface area contributed by atoms with E-state index in [0.29, 0.717) is 13.0 Å². The monoisotopic (exact) mass is 253 g/mol. The number of nitrogens with zero attached hydrogens (tertiary/aromatic N) is 1. The third-order valence-electron chi connectivity index (χ3n) is 4.74. The lowest BCUT2D eigenvalue weighted by atomic mass is 9.89. The third-order valence-corrected chi connectivity index (χ3v) is 4.74. The van der Waals surface area contributed by atoms with Crippen LogP contribution in [0.5, 0.6) is 0 Å². The Morgan fingerprint density at radius 3 is 2.61 bits per heavy atom. The molecule has 0 aromatic heterocycles. The van der Waals surface area contributed by atoms with Crippen LogP contribution in [0.4, 0.5) is 0 Å². The molecule has 5 nitrogen and oxygen atoms in total. The second-order valence-electron chi connectivity index (χ2n) is 5.78. The first kappa shape index (κ1) is 12.0. The minimum atomic E-state index is -0.764. The molecule has 3 aliphatic rings. The number of hydrogen-bond donors (Lipinski definition) is 1. The zero-order chi connectivity index (χ0) is 12.9. The molecule has 5 atom stereocenters. The minimum absolute atomic E-state index is 0.0243. The average molecular weight is 253 g/mol. The van der Waals surface area contributed by atoms with Crippen LogP contribution in [0.25, 0.3) is 0 Å². The highest BCUT2D eigenvalue weighted by atomic mass is 16.5. The SMILES string of the molecule is CC1CCOC1C(=O)N1C2CCC1C(C(=O)O)C2. The molecule has 5 unspecified atom stereocenters. The lowest BCUT2D eigenvalue weighted by molar-refractivity contribution is -0.146. The molecule has 3 saturated heterocycles. The topological polar surface area (TPSA) is 66.8 Å². The van der Waals surface area contributed by atoms with Crippen molar-refractivity contribution in [2.45, 2.75) is 50.8 Å². The number of carbonyl (C=O) groups excluding carboxylic acids is 1. The van der Waals surface area contributed by atoms with Crippen molar-refractivity contribution >= 4 is 11.9 Å². The van der Waals surface area contributed by atoms with Crippen LogP contribution in [-0.2, 0) is 14.3 Å². The van der Waals surface area contributed by atoms with Gasteiger partial charge >= 0.3 is 5.97 Å². The molecule has 1 N–H and O–H groups in total. The summed E-state index contributed by atoms with van der Waals surface area (Å²) in [5.74, 6) is -0.859. The molecule has 18 heavy (non-hydrogen) atoms. The number of amides is 1. The largest absolute Gasteiger partial charge is 0.481 e. The van der Waals surface area contributed by atoms with Crippen LogP contribution in [0.3, 0.4) is 0 Å². The molecule has 0 radical (unpaired) electrons. The number of rotatable bonds is 2. The van der Waals surface area contributed by atoms with Gasteiger partial charge in [-0.3, -0.25) is 9.59 Å². The maximum atomic E-state index is 12.5. The highest BCUT2D eigenvalue weighted by molar-refractivity contribution is 5.84. The van der Waals surface area contributed by atoms with Gasteiger partial charge in [0.1, 0.15) is 6.10 Å². The fraction of sp³-hybridized carbons (Fsp3) is 0.846. The lowest BCUT2D eigenvalue weighted by Gasteiger charge is -2.27. The third kappa shape index (κ3) is 1.64. The van der Waals surface area contributed by atoms with E-state index in [4.69, 9.17) is 4.74 Å². The second-order valence-corrected chi connectivity index (χ2v) is 5.78. The second kappa shape index (κ2) is 4.23. The summed E-state index contributed by atoms with van der Waals surface area (Å²) < 4.78 is 5.52. The molecule has 3 rings (SSSR count). The summed E-state index contributed by atoms with van der Waals surface area (Å²) in [6.07, 6.45) is 2.96. The minimum Gasteiger partial charge on any atom is -0.481 e. The Labute approximate surface area is 106 Å². The zero-order valence-electron chi connectivity index (χ0n) is 10.5. The van der Waals surface area contributed by atoms with Gasteiger partial charge in [-0.1, -0.05) is 6.92 Å².